The van der Waals surface area contributed by atoms with Crippen molar-refractivity contribution in [2.75, 3.05) is 13.1 Å². The third-order valence-corrected chi connectivity index (χ3v) is 4.24. The van der Waals surface area contributed by atoms with Crippen LogP contribution in [0.15, 0.2) is 36.9 Å². The maximum Gasteiger partial charge on any atom is 0.228 e. The van der Waals surface area contributed by atoms with Gasteiger partial charge in [-0.15, -0.1) is 0 Å². The van der Waals surface area contributed by atoms with Gasteiger partial charge in [-0.3, -0.25) is 4.79 Å². The van der Waals surface area contributed by atoms with Crippen LogP contribution in [-0.4, -0.2) is 28.5 Å². The Morgan fingerprint density at radius 3 is 3.23 bits per heavy atom. The van der Waals surface area contributed by atoms with Crippen LogP contribution in [0, 0.1) is 6.92 Å². The van der Waals surface area contributed by atoms with Crippen LogP contribution in [-0.2, 0) is 17.9 Å². The molecule has 0 saturated carbocycles. The molecule has 1 aliphatic rings. The molecule has 1 atom stereocenters. The van der Waals surface area contributed by atoms with Gasteiger partial charge in [0, 0.05) is 38.6 Å². The average Bonchev–Trinajstić information content (AvgIpc) is 3.05. The second kappa shape index (κ2) is 6.75. The van der Waals surface area contributed by atoms with E-state index in [4.69, 9.17) is 0 Å². The number of hydrogen-bond donors (Lipinski definition) is 2. The number of benzene rings is 1. The van der Waals surface area contributed by atoms with Crippen LogP contribution >= 0.6 is 0 Å². The maximum absolute atomic E-state index is 12.5. The van der Waals surface area contributed by atoms with E-state index in [-0.39, 0.29) is 11.8 Å². The van der Waals surface area contributed by atoms with E-state index in [1.54, 1.807) is 12.5 Å². The van der Waals surface area contributed by atoms with E-state index >= 15 is 0 Å². The van der Waals surface area contributed by atoms with Gasteiger partial charge in [0.1, 0.15) is 0 Å². The normalized spacial score (nSPS) is 17.0. The first-order chi connectivity index (χ1) is 10.8. The molecule has 0 fully saturated rings. The summed E-state index contributed by atoms with van der Waals surface area (Å²) in [7, 11) is 0. The molecule has 1 aliphatic heterocycles. The average molecular weight is 298 g/mol. The third kappa shape index (κ3) is 3.20. The zero-order chi connectivity index (χ0) is 15.4. The summed E-state index contributed by atoms with van der Waals surface area (Å²) in [6.07, 6.45) is 6.41. The predicted molar refractivity (Wildman–Crippen MR) is 85.5 cm³/mol. The predicted octanol–water partition coefficient (Wildman–Crippen LogP) is 1.58. The van der Waals surface area contributed by atoms with Crippen LogP contribution in [0.25, 0.3) is 0 Å². The second-order valence-electron chi connectivity index (χ2n) is 5.77. The quantitative estimate of drug-likeness (QED) is 0.824. The fraction of sp³-hybridized carbons (Fsp3) is 0.412. The smallest absolute Gasteiger partial charge is 0.228 e. The number of amides is 1. The molecule has 2 heterocycles. The van der Waals surface area contributed by atoms with Crippen molar-refractivity contribution in [3.8, 4) is 0 Å². The molecular formula is C17H22N4O. The molecule has 1 aromatic heterocycles. The third-order valence-electron chi connectivity index (χ3n) is 4.24. The summed E-state index contributed by atoms with van der Waals surface area (Å²) in [5, 5.41) is 6.41. The number of carbonyl (C=O) groups is 1. The van der Waals surface area contributed by atoms with Crippen molar-refractivity contribution in [2.45, 2.75) is 32.4 Å². The van der Waals surface area contributed by atoms with E-state index in [2.05, 4.69) is 34.7 Å². The minimum absolute atomic E-state index is 0.0862. The minimum Gasteiger partial charge on any atom is -0.355 e. The molecule has 2 N–H and O–H groups in total. The molecular weight excluding hydrogens is 276 g/mol. The van der Waals surface area contributed by atoms with Crippen LogP contribution in [0.2, 0.25) is 0 Å². The topological polar surface area (TPSA) is 59.0 Å². The van der Waals surface area contributed by atoms with Crippen LogP contribution < -0.4 is 10.6 Å². The Balaban J connectivity index is 1.56. The van der Waals surface area contributed by atoms with Gasteiger partial charge in [-0.2, -0.15) is 0 Å². The van der Waals surface area contributed by atoms with Gasteiger partial charge in [-0.25, -0.2) is 4.98 Å². The monoisotopic (exact) mass is 298 g/mol. The van der Waals surface area contributed by atoms with Gasteiger partial charge in [-0.05, 0) is 30.0 Å². The summed E-state index contributed by atoms with van der Waals surface area (Å²) in [6.45, 7) is 5.23. The lowest BCUT2D eigenvalue weighted by Crippen LogP contribution is -2.39. The lowest BCUT2D eigenvalue weighted by Gasteiger charge is -2.27. The van der Waals surface area contributed by atoms with Gasteiger partial charge in [0.2, 0.25) is 5.91 Å². The summed E-state index contributed by atoms with van der Waals surface area (Å²) < 4.78 is 2.02. The zero-order valence-corrected chi connectivity index (χ0v) is 12.9. The molecule has 5 nitrogen and oxygen atoms in total. The highest BCUT2D eigenvalue weighted by Gasteiger charge is 2.26. The number of nitrogens with zero attached hydrogens (tertiary/aromatic N) is 2. The molecule has 5 heteroatoms. The van der Waals surface area contributed by atoms with Crippen LogP contribution in [0.5, 0.6) is 0 Å². The second-order valence-corrected chi connectivity index (χ2v) is 5.77. The number of aryl methyl sites for hydroxylation is 2. The first kappa shape index (κ1) is 14.8. The Hall–Kier alpha value is -2.14. The Morgan fingerprint density at radius 1 is 1.50 bits per heavy atom. The van der Waals surface area contributed by atoms with E-state index in [9.17, 15) is 4.79 Å². The van der Waals surface area contributed by atoms with E-state index in [0.29, 0.717) is 13.1 Å². The van der Waals surface area contributed by atoms with Crippen LogP contribution in [0.3, 0.4) is 0 Å². The molecule has 0 saturated heterocycles. The fourth-order valence-electron chi connectivity index (χ4n) is 2.99. The number of aromatic nitrogens is 2. The molecule has 0 radical (unpaired) electrons. The highest BCUT2D eigenvalue weighted by atomic mass is 16.1. The summed E-state index contributed by atoms with van der Waals surface area (Å²) in [5.74, 6) is 0.0292. The van der Waals surface area contributed by atoms with Crippen LogP contribution in [0.4, 0.5) is 0 Å². The van der Waals surface area contributed by atoms with Gasteiger partial charge in [-0.1, -0.05) is 18.2 Å². The number of hydrogen-bond acceptors (Lipinski definition) is 3. The lowest BCUT2D eigenvalue weighted by atomic mass is 9.88. The largest absolute Gasteiger partial charge is 0.355 e. The summed E-state index contributed by atoms with van der Waals surface area (Å²) in [6, 6.07) is 6.23. The van der Waals surface area contributed by atoms with Crippen molar-refractivity contribution >= 4 is 5.91 Å². The van der Waals surface area contributed by atoms with Crippen molar-refractivity contribution in [2.24, 2.45) is 0 Å². The Morgan fingerprint density at radius 2 is 2.41 bits per heavy atom. The Kier molecular flexibility index (Phi) is 4.53. The molecule has 116 valence electrons. The molecule has 3 rings (SSSR count). The van der Waals surface area contributed by atoms with Gasteiger partial charge in [0.15, 0.2) is 0 Å². The van der Waals surface area contributed by atoms with Gasteiger partial charge < -0.3 is 15.2 Å². The molecule has 1 amide bonds. The summed E-state index contributed by atoms with van der Waals surface area (Å²) in [4.78, 5) is 16.5. The molecule has 0 aliphatic carbocycles. The van der Waals surface area contributed by atoms with Crippen molar-refractivity contribution < 1.29 is 4.79 Å². The maximum atomic E-state index is 12.5. The van der Waals surface area contributed by atoms with Gasteiger partial charge >= 0.3 is 0 Å². The SMILES string of the molecule is Cc1cccc2c1CNCC2C(=O)NCCCn1ccnc1. The van der Waals surface area contributed by atoms with Crippen molar-refractivity contribution in [3.63, 3.8) is 0 Å². The first-order valence-electron chi connectivity index (χ1n) is 7.78. The highest BCUT2D eigenvalue weighted by molar-refractivity contribution is 5.84. The number of rotatable bonds is 5. The molecule has 1 unspecified atom stereocenters. The van der Waals surface area contributed by atoms with E-state index < -0.39 is 0 Å². The van der Waals surface area contributed by atoms with Crippen molar-refractivity contribution in [1.82, 2.24) is 20.2 Å². The number of imidazole rings is 1. The van der Waals surface area contributed by atoms with Gasteiger partial charge in [0.25, 0.3) is 0 Å². The van der Waals surface area contributed by atoms with Crippen molar-refractivity contribution in [3.05, 3.63) is 53.6 Å². The highest BCUT2D eigenvalue weighted by Crippen LogP contribution is 2.26. The zero-order valence-electron chi connectivity index (χ0n) is 12.9. The van der Waals surface area contributed by atoms with Gasteiger partial charge in [0.05, 0.1) is 12.2 Å². The minimum atomic E-state index is -0.0862. The summed E-state index contributed by atoms with van der Waals surface area (Å²) in [5.41, 5.74) is 3.70. The number of fused-ring (bicyclic) bond motifs is 1. The van der Waals surface area contributed by atoms with Crippen LogP contribution in [0.1, 0.15) is 29.0 Å². The van der Waals surface area contributed by atoms with Crippen molar-refractivity contribution in [1.29, 1.82) is 0 Å². The molecule has 1 aromatic carbocycles. The fourth-order valence-corrected chi connectivity index (χ4v) is 2.99. The number of carbonyl (C=O) groups excluding carboxylic acids is 1. The van der Waals surface area contributed by atoms with E-state index in [1.165, 1.54) is 16.7 Å². The summed E-state index contributed by atoms with van der Waals surface area (Å²) >= 11 is 0. The number of nitrogens with one attached hydrogen (secondary N) is 2. The standard InChI is InChI=1S/C17H22N4O/c1-13-4-2-5-14-15(13)10-19-11-16(14)17(22)20-6-3-8-21-9-7-18-12-21/h2,4-5,7,9,12,16,19H,3,6,8,10-11H2,1H3,(H,20,22). The van der Waals surface area contributed by atoms with E-state index in [0.717, 1.165) is 19.5 Å². The first-order valence-corrected chi connectivity index (χ1v) is 7.78. The molecule has 2 aromatic rings. The molecule has 22 heavy (non-hydrogen) atoms. The molecule has 0 spiro atoms. The Labute approximate surface area is 130 Å². The lowest BCUT2D eigenvalue weighted by molar-refractivity contribution is -0.122. The molecule has 0 bridgehead atoms. The van der Waals surface area contributed by atoms with E-state index in [1.807, 2.05) is 16.8 Å². The Bertz CT molecular complexity index is 636.